The van der Waals surface area contributed by atoms with E-state index < -0.39 is 18.3 Å². The van der Waals surface area contributed by atoms with Gasteiger partial charge >= 0.3 is 7.12 Å². The molecule has 3 rings (SSSR count). The molecule has 0 spiro atoms. The summed E-state index contributed by atoms with van der Waals surface area (Å²) in [5.74, 6) is -0.632. The molecule has 0 aromatic heterocycles. The van der Waals surface area contributed by atoms with Crippen LogP contribution < -0.4 is 5.32 Å². The van der Waals surface area contributed by atoms with E-state index in [0.29, 0.717) is 32.7 Å². The molecule has 32 heavy (non-hydrogen) atoms. The molecule has 2 fully saturated rings. The van der Waals surface area contributed by atoms with E-state index in [-0.39, 0.29) is 24.2 Å². The van der Waals surface area contributed by atoms with E-state index >= 15 is 0 Å². The summed E-state index contributed by atoms with van der Waals surface area (Å²) in [6, 6.07) is 10.3. The molecule has 1 radical (unpaired) electrons. The van der Waals surface area contributed by atoms with Crippen molar-refractivity contribution >= 4 is 18.9 Å². The minimum Gasteiger partial charge on any atom is -0.402 e. The average molecular weight is 443 g/mol. The summed E-state index contributed by atoms with van der Waals surface area (Å²) in [4.78, 5) is 26.8. The smallest absolute Gasteiger partial charge is 0.402 e. The van der Waals surface area contributed by atoms with Gasteiger partial charge in [0.1, 0.15) is 0 Å². The summed E-state index contributed by atoms with van der Waals surface area (Å²) in [5, 5.41) is 3.04. The van der Waals surface area contributed by atoms with Crippen molar-refractivity contribution in [3.63, 3.8) is 0 Å². The third-order valence-electron chi connectivity index (χ3n) is 6.58. The number of rotatable bonds is 9. The fraction of sp³-hybridized carbons (Fsp3) is 0.625. The molecule has 2 aliphatic heterocycles. The number of amides is 2. The van der Waals surface area contributed by atoms with Crippen LogP contribution in [0.3, 0.4) is 0 Å². The van der Waals surface area contributed by atoms with E-state index in [1.54, 1.807) is 4.90 Å². The number of nitrogens with one attached hydrogen (secondary N) is 1. The summed E-state index contributed by atoms with van der Waals surface area (Å²) < 4.78 is 17.7. The minimum atomic E-state index is -0.539. The molecule has 1 N–H and O–H groups in total. The largest absolute Gasteiger partial charge is 0.481 e. The second-order valence-corrected chi connectivity index (χ2v) is 9.52. The molecule has 0 bridgehead atoms. The Labute approximate surface area is 192 Å². The predicted octanol–water partition coefficient (Wildman–Crippen LogP) is 2.58. The number of ether oxygens (including phenoxy) is 1. The molecule has 2 heterocycles. The number of carbonyl (C=O) groups excluding carboxylic acids is 2. The third kappa shape index (κ3) is 6.56. The fourth-order valence-electron chi connectivity index (χ4n) is 3.86. The van der Waals surface area contributed by atoms with Crippen molar-refractivity contribution in [1.82, 2.24) is 10.2 Å². The molecule has 2 saturated heterocycles. The third-order valence-corrected chi connectivity index (χ3v) is 6.58. The number of hydrogen-bond acceptors (Lipinski definition) is 5. The lowest BCUT2D eigenvalue weighted by Crippen LogP contribution is -2.48. The molecular formula is C24H36BN2O5. The van der Waals surface area contributed by atoms with Gasteiger partial charge in [0.15, 0.2) is 0 Å². The molecular weight excluding hydrogens is 407 g/mol. The normalized spacial score (nSPS) is 20.8. The quantitative estimate of drug-likeness (QED) is 0.594. The van der Waals surface area contributed by atoms with Crippen LogP contribution in [0.1, 0.15) is 52.5 Å². The van der Waals surface area contributed by atoms with E-state index in [1.807, 2.05) is 45.9 Å². The SMILES string of the molecule is CC1(C)OB([C@H](CCCc2ccccc2)NC(=O)[CH]CC(=O)N2CCOCC2)OC1(C)C. The van der Waals surface area contributed by atoms with E-state index in [4.69, 9.17) is 14.0 Å². The van der Waals surface area contributed by atoms with Gasteiger partial charge in [-0.2, -0.15) is 0 Å². The van der Waals surface area contributed by atoms with Gasteiger partial charge in [-0.1, -0.05) is 30.3 Å². The van der Waals surface area contributed by atoms with Crippen LogP contribution in [-0.2, 0) is 30.1 Å². The first kappa shape index (κ1) is 24.7. The summed E-state index contributed by atoms with van der Waals surface area (Å²) in [6.45, 7) is 10.2. The zero-order valence-electron chi connectivity index (χ0n) is 19.8. The lowest BCUT2D eigenvalue weighted by Gasteiger charge is -2.32. The number of benzene rings is 1. The number of aryl methyl sites for hydroxylation is 1. The fourth-order valence-corrected chi connectivity index (χ4v) is 3.86. The maximum Gasteiger partial charge on any atom is 0.481 e. The van der Waals surface area contributed by atoms with E-state index in [9.17, 15) is 9.59 Å². The van der Waals surface area contributed by atoms with Gasteiger partial charge in [-0.3, -0.25) is 9.59 Å². The molecule has 0 saturated carbocycles. The lowest BCUT2D eigenvalue weighted by atomic mass is 9.75. The van der Waals surface area contributed by atoms with Crippen molar-refractivity contribution in [2.75, 3.05) is 26.3 Å². The first-order valence-corrected chi connectivity index (χ1v) is 11.6. The molecule has 2 amide bonds. The summed E-state index contributed by atoms with van der Waals surface area (Å²) in [7, 11) is -0.539. The van der Waals surface area contributed by atoms with Crippen LogP contribution >= 0.6 is 0 Å². The number of nitrogens with zero attached hydrogens (tertiary/aromatic N) is 1. The van der Waals surface area contributed by atoms with Crippen LogP contribution in [-0.4, -0.2) is 67.3 Å². The average Bonchev–Trinajstić information content (AvgIpc) is 2.99. The highest BCUT2D eigenvalue weighted by molar-refractivity contribution is 6.48. The number of morpholine rings is 1. The molecule has 1 aromatic rings. The van der Waals surface area contributed by atoms with E-state index in [1.165, 1.54) is 12.0 Å². The number of carbonyl (C=O) groups is 2. The van der Waals surface area contributed by atoms with Crippen molar-refractivity contribution in [1.29, 1.82) is 0 Å². The van der Waals surface area contributed by atoms with Gasteiger partial charge in [0.05, 0.1) is 36.8 Å². The Kier molecular flexibility index (Phi) is 8.36. The molecule has 1 atom stereocenters. The summed E-state index contributed by atoms with van der Waals surface area (Å²) in [5.41, 5.74) is 0.306. The maximum atomic E-state index is 12.7. The highest BCUT2D eigenvalue weighted by Crippen LogP contribution is 2.38. The molecule has 175 valence electrons. The molecule has 2 aliphatic rings. The molecule has 0 unspecified atom stereocenters. The van der Waals surface area contributed by atoms with Crippen molar-refractivity contribution < 1.29 is 23.6 Å². The molecule has 1 aromatic carbocycles. The summed E-state index contributed by atoms with van der Waals surface area (Å²) in [6.07, 6.45) is 4.00. The van der Waals surface area contributed by atoms with Crippen molar-refractivity contribution in [2.45, 2.75) is 70.5 Å². The van der Waals surface area contributed by atoms with Crippen molar-refractivity contribution in [2.24, 2.45) is 0 Å². The Morgan fingerprint density at radius 2 is 1.72 bits per heavy atom. The molecule has 7 nitrogen and oxygen atoms in total. The zero-order valence-corrected chi connectivity index (χ0v) is 19.8. The highest BCUT2D eigenvalue weighted by Gasteiger charge is 2.53. The Morgan fingerprint density at radius 1 is 1.09 bits per heavy atom. The van der Waals surface area contributed by atoms with E-state index in [2.05, 4.69) is 17.4 Å². The van der Waals surface area contributed by atoms with Crippen LogP contribution in [0.4, 0.5) is 0 Å². The van der Waals surface area contributed by atoms with Crippen LogP contribution in [0.2, 0.25) is 0 Å². The Bertz CT molecular complexity index is 749. The first-order valence-electron chi connectivity index (χ1n) is 11.6. The van der Waals surface area contributed by atoms with Crippen LogP contribution in [0, 0.1) is 6.42 Å². The standard InChI is InChI=1S/C24H36BN2O5/c1-23(2)24(3,4)32-25(31-23)20(12-8-11-19-9-6-5-7-10-19)26-21(28)13-14-22(29)27-15-17-30-18-16-27/h5-7,9-10,13,20H,8,11-12,14-18H2,1-4H3,(H,26,28)/t20-/m0/s1. The molecule has 0 aliphatic carbocycles. The van der Waals surface area contributed by atoms with Crippen LogP contribution in [0.5, 0.6) is 0 Å². The van der Waals surface area contributed by atoms with Gasteiger partial charge in [-0.15, -0.1) is 0 Å². The zero-order chi connectivity index (χ0) is 23.2. The number of hydrogen-bond donors (Lipinski definition) is 1. The van der Waals surface area contributed by atoms with Gasteiger partial charge in [0.2, 0.25) is 11.8 Å². The van der Waals surface area contributed by atoms with Gasteiger partial charge in [0, 0.05) is 19.5 Å². The van der Waals surface area contributed by atoms with Crippen LogP contribution in [0.15, 0.2) is 30.3 Å². The molecule has 8 heteroatoms. The minimum absolute atomic E-state index is 0.0558. The van der Waals surface area contributed by atoms with E-state index in [0.717, 1.165) is 12.8 Å². The lowest BCUT2D eigenvalue weighted by molar-refractivity contribution is -0.135. The predicted molar refractivity (Wildman–Crippen MR) is 124 cm³/mol. The topological polar surface area (TPSA) is 77.1 Å². The van der Waals surface area contributed by atoms with Gasteiger partial charge in [-0.05, 0) is 52.5 Å². The van der Waals surface area contributed by atoms with Crippen molar-refractivity contribution in [3.05, 3.63) is 42.3 Å². The Hall–Kier alpha value is -1.90. The first-order chi connectivity index (χ1) is 15.2. The summed E-state index contributed by atoms with van der Waals surface area (Å²) >= 11 is 0. The van der Waals surface area contributed by atoms with Gasteiger partial charge in [-0.25, -0.2) is 0 Å². The van der Waals surface area contributed by atoms with Gasteiger partial charge < -0.3 is 24.3 Å². The second-order valence-electron chi connectivity index (χ2n) is 9.52. The maximum absolute atomic E-state index is 12.7. The van der Waals surface area contributed by atoms with Gasteiger partial charge in [0.25, 0.3) is 0 Å². The highest BCUT2D eigenvalue weighted by atomic mass is 16.7. The second kappa shape index (κ2) is 10.8. The monoisotopic (exact) mass is 443 g/mol. The Morgan fingerprint density at radius 3 is 2.34 bits per heavy atom. The van der Waals surface area contributed by atoms with Crippen molar-refractivity contribution in [3.8, 4) is 0 Å². The Balaban J connectivity index is 1.56. The van der Waals surface area contributed by atoms with Crippen LogP contribution in [0.25, 0.3) is 0 Å².